The highest BCUT2D eigenvalue weighted by Gasteiger charge is 2.15. The zero-order chi connectivity index (χ0) is 17.6. The average molecular weight is 352 g/mol. The molecule has 1 rings (SSSR count). The molecule has 0 spiro atoms. The summed E-state index contributed by atoms with van der Waals surface area (Å²) < 4.78 is 0. The molecule has 1 atom stereocenters. The second-order valence-corrected chi connectivity index (χ2v) is 8.10. The first-order chi connectivity index (χ1) is 11.7. The SMILES string of the molecule is CCCCCCCCC(CCCCCC)Cc1sccc1C(N)=O. The lowest BCUT2D eigenvalue weighted by atomic mass is 9.90. The number of amides is 1. The monoisotopic (exact) mass is 351 g/mol. The van der Waals surface area contributed by atoms with Crippen molar-refractivity contribution in [2.24, 2.45) is 11.7 Å². The molecule has 0 aliphatic heterocycles. The molecule has 2 nitrogen and oxygen atoms in total. The highest BCUT2D eigenvalue weighted by atomic mass is 32.1. The molecular weight excluding hydrogens is 314 g/mol. The number of primary amides is 1. The van der Waals surface area contributed by atoms with E-state index in [2.05, 4.69) is 13.8 Å². The van der Waals surface area contributed by atoms with E-state index in [1.54, 1.807) is 11.3 Å². The lowest BCUT2D eigenvalue weighted by Crippen LogP contribution is -2.14. The van der Waals surface area contributed by atoms with Gasteiger partial charge >= 0.3 is 0 Å². The van der Waals surface area contributed by atoms with Gasteiger partial charge in [-0.3, -0.25) is 4.79 Å². The Morgan fingerprint density at radius 1 is 0.958 bits per heavy atom. The third kappa shape index (κ3) is 8.86. The van der Waals surface area contributed by atoms with Gasteiger partial charge in [0, 0.05) is 4.88 Å². The van der Waals surface area contributed by atoms with Gasteiger partial charge < -0.3 is 5.73 Å². The van der Waals surface area contributed by atoms with Crippen molar-refractivity contribution in [3.05, 3.63) is 21.9 Å². The molecule has 1 amide bonds. The smallest absolute Gasteiger partial charge is 0.249 e. The Bertz CT molecular complexity index is 441. The van der Waals surface area contributed by atoms with Crippen molar-refractivity contribution in [2.45, 2.75) is 97.3 Å². The van der Waals surface area contributed by atoms with Crippen LogP contribution in [0.4, 0.5) is 0 Å². The van der Waals surface area contributed by atoms with Crippen LogP contribution in [0.25, 0.3) is 0 Å². The van der Waals surface area contributed by atoms with E-state index in [0.29, 0.717) is 5.92 Å². The van der Waals surface area contributed by atoms with E-state index in [9.17, 15) is 4.79 Å². The van der Waals surface area contributed by atoms with Crippen LogP contribution < -0.4 is 5.73 Å². The fraction of sp³-hybridized carbons (Fsp3) is 0.762. The summed E-state index contributed by atoms with van der Waals surface area (Å²) in [6.07, 6.45) is 17.1. The van der Waals surface area contributed by atoms with Crippen LogP contribution in [-0.4, -0.2) is 5.91 Å². The van der Waals surface area contributed by atoms with Gasteiger partial charge in [0.2, 0.25) is 5.91 Å². The van der Waals surface area contributed by atoms with E-state index >= 15 is 0 Å². The summed E-state index contributed by atoms with van der Waals surface area (Å²) in [6.45, 7) is 4.53. The molecule has 2 N–H and O–H groups in total. The first-order valence-electron chi connectivity index (χ1n) is 10.0. The zero-order valence-electron chi connectivity index (χ0n) is 15.8. The summed E-state index contributed by atoms with van der Waals surface area (Å²) in [7, 11) is 0. The van der Waals surface area contributed by atoms with E-state index < -0.39 is 0 Å². The molecule has 0 saturated heterocycles. The topological polar surface area (TPSA) is 43.1 Å². The Morgan fingerprint density at radius 3 is 2.08 bits per heavy atom. The fourth-order valence-electron chi connectivity index (χ4n) is 3.40. The summed E-state index contributed by atoms with van der Waals surface area (Å²) in [5, 5.41) is 2.01. The van der Waals surface area contributed by atoms with E-state index in [1.807, 2.05) is 11.4 Å². The number of carbonyl (C=O) groups excluding carboxylic acids is 1. The van der Waals surface area contributed by atoms with Gasteiger partial charge in [0.15, 0.2) is 0 Å². The zero-order valence-corrected chi connectivity index (χ0v) is 16.6. The molecule has 24 heavy (non-hydrogen) atoms. The van der Waals surface area contributed by atoms with Gasteiger partial charge in [0.1, 0.15) is 0 Å². The Hall–Kier alpha value is -0.830. The van der Waals surface area contributed by atoms with Crippen molar-refractivity contribution in [3.63, 3.8) is 0 Å². The highest BCUT2D eigenvalue weighted by molar-refractivity contribution is 7.10. The number of rotatable bonds is 15. The van der Waals surface area contributed by atoms with Crippen molar-refractivity contribution >= 4 is 17.2 Å². The lowest BCUT2D eigenvalue weighted by molar-refractivity contribution is 0.0999. The summed E-state index contributed by atoms with van der Waals surface area (Å²) in [5.41, 5.74) is 6.26. The summed E-state index contributed by atoms with van der Waals surface area (Å²) in [5.74, 6) is 0.445. The molecule has 0 aliphatic carbocycles. The Labute approximate surface area is 153 Å². The van der Waals surface area contributed by atoms with Crippen LogP contribution in [0.2, 0.25) is 0 Å². The van der Waals surface area contributed by atoms with Crippen molar-refractivity contribution in [3.8, 4) is 0 Å². The van der Waals surface area contributed by atoms with Crippen LogP contribution in [0.1, 0.15) is 106 Å². The molecule has 1 unspecified atom stereocenters. The maximum atomic E-state index is 11.6. The normalized spacial score (nSPS) is 12.4. The predicted octanol–water partition coefficient (Wildman–Crippen LogP) is 6.73. The van der Waals surface area contributed by atoms with Gasteiger partial charge in [-0.2, -0.15) is 0 Å². The molecule has 0 radical (unpaired) electrons. The molecule has 3 heteroatoms. The maximum Gasteiger partial charge on any atom is 0.249 e. The maximum absolute atomic E-state index is 11.6. The number of hydrogen-bond donors (Lipinski definition) is 1. The van der Waals surface area contributed by atoms with E-state index in [0.717, 1.165) is 12.0 Å². The summed E-state index contributed by atoms with van der Waals surface area (Å²) in [6, 6.07) is 1.89. The van der Waals surface area contributed by atoms with Gasteiger partial charge in [0.25, 0.3) is 0 Å². The molecule has 0 saturated carbocycles. The molecule has 138 valence electrons. The molecule has 1 aromatic rings. The van der Waals surface area contributed by atoms with Crippen molar-refractivity contribution in [1.29, 1.82) is 0 Å². The average Bonchev–Trinajstić information content (AvgIpc) is 3.03. The standard InChI is InChI=1S/C21H37NOS/c1-3-5-7-9-10-12-14-18(13-11-8-6-4-2)17-20-19(21(22)23)15-16-24-20/h15-16,18H,3-14,17H2,1-2H3,(H2,22,23). The minimum atomic E-state index is -0.268. The molecule has 0 fully saturated rings. The van der Waals surface area contributed by atoms with E-state index in [-0.39, 0.29) is 5.91 Å². The van der Waals surface area contributed by atoms with Gasteiger partial charge in [0.05, 0.1) is 5.56 Å². The summed E-state index contributed by atoms with van der Waals surface area (Å²) in [4.78, 5) is 12.8. The second kappa shape index (κ2) is 13.5. The Balaban J connectivity index is 2.44. The van der Waals surface area contributed by atoms with Crippen LogP contribution in [0.5, 0.6) is 0 Å². The molecule has 0 aliphatic rings. The van der Waals surface area contributed by atoms with Crippen LogP contribution >= 0.6 is 11.3 Å². The van der Waals surface area contributed by atoms with Gasteiger partial charge in [-0.25, -0.2) is 0 Å². The van der Waals surface area contributed by atoms with Crippen LogP contribution in [0.3, 0.4) is 0 Å². The van der Waals surface area contributed by atoms with Crippen molar-refractivity contribution < 1.29 is 4.79 Å². The van der Waals surface area contributed by atoms with Crippen LogP contribution in [-0.2, 0) is 6.42 Å². The van der Waals surface area contributed by atoms with Crippen LogP contribution in [0, 0.1) is 5.92 Å². The quantitative estimate of drug-likeness (QED) is 0.350. The Kier molecular flexibility index (Phi) is 11.9. The van der Waals surface area contributed by atoms with Crippen molar-refractivity contribution in [1.82, 2.24) is 0 Å². The number of unbranched alkanes of at least 4 members (excludes halogenated alkanes) is 8. The first-order valence-corrected chi connectivity index (χ1v) is 10.9. The van der Waals surface area contributed by atoms with E-state index in [4.69, 9.17) is 5.73 Å². The first kappa shape index (κ1) is 21.2. The molecule has 1 heterocycles. The molecule has 0 aromatic carbocycles. The van der Waals surface area contributed by atoms with Gasteiger partial charge in [-0.05, 0) is 23.8 Å². The summed E-state index contributed by atoms with van der Waals surface area (Å²) >= 11 is 1.70. The second-order valence-electron chi connectivity index (χ2n) is 7.10. The number of thiophene rings is 1. The van der Waals surface area contributed by atoms with Crippen LogP contribution in [0.15, 0.2) is 11.4 Å². The predicted molar refractivity (Wildman–Crippen MR) is 107 cm³/mol. The fourth-order valence-corrected chi connectivity index (χ4v) is 4.40. The van der Waals surface area contributed by atoms with Gasteiger partial charge in [-0.1, -0.05) is 90.9 Å². The Morgan fingerprint density at radius 2 is 1.50 bits per heavy atom. The number of carbonyl (C=O) groups is 1. The van der Waals surface area contributed by atoms with E-state index in [1.165, 1.54) is 81.9 Å². The highest BCUT2D eigenvalue weighted by Crippen LogP contribution is 2.27. The van der Waals surface area contributed by atoms with Gasteiger partial charge in [-0.15, -0.1) is 11.3 Å². The number of hydrogen-bond acceptors (Lipinski definition) is 2. The third-order valence-electron chi connectivity index (χ3n) is 4.92. The molecule has 0 bridgehead atoms. The molecular formula is C21H37NOS. The molecule has 1 aromatic heterocycles. The third-order valence-corrected chi connectivity index (χ3v) is 5.86. The number of nitrogens with two attached hydrogens (primary N) is 1. The van der Waals surface area contributed by atoms with Crippen molar-refractivity contribution in [2.75, 3.05) is 0 Å². The largest absolute Gasteiger partial charge is 0.366 e. The lowest BCUT2D eigenvalue weighted by Gasteiger charge is -2.17. The minimum Gasteiger partial charge on any atom is -0.366 e. The minimum absolute atomic E-state index is 0.268.